The first-order valence-electron chi connectivity index (χ1n) is 6.99. The van der Waals surface area contributed by atoms with Crippen LogP contribution >= 0.6 is 0 Å². The largest absolute Gasteiger partial charge is 0.479 e. The molecule has 21 heavy (non-hydrogen) atoms. The van der Waals surface area contributed by atoms with Crippen LogP contribution in [0.5, 0.6) is 0 Å². The fourth-order valence-corrected chi connectivity index (χ4v) is 2.76. The molecule has 2 N–H and O–H groups in total. The summed E-state index contributed by atoms with van der Waals surface area (Å²) in [6.07, 6.45) is 2.80. The van der Waals surface area contributed by atoms with Crippen LogP contribution in [0.3, 0.4) is 0 Å². The topological polar surface area (TPSA) is 49.3 Å². The van der Waals surface area contributed by atoms with Gasteiger partial charge in [0.15, 0.2) is 0 Å². The fraction of sp³-hybridized carbons (Fsp3) is 0.167. The Bertz CT molecular complexity index is 664. The molecule has 0 aromatic heterocycles. The molecular formula is C18H17NO2. The summed E-state index contributed by atoms with van der Waals surface area (Å²) >= 11 is 0. The molecule has 1 unspecified atom stereocenters. The quantitative estimate of drug-likeness (QED) is 0.904. The van der Waals surface area contributed by atoms with Gasteiger partial charge in [0, 0.05) is 19.0 Å². The predicted octanol–water partition coefficient (Wildman–Crippen LogP) is 3.09. The molecular weight excluding hydrogens is 262 g/mol. The number of hydrogen-bond acceptors (Lipinski definition) is 2. The molecule has 1 aliphatic heterocycles. The van der Waals surface area contributed by atoms with E-state index in [0.717, 1.165) is 16.7 Å². The molecule has 0 amide bonds. The Kier molecular flexibility index (Phi) is 3.48. The van der Waals surface area contributed by atoms with Crippen LogP contribution in [0.25, 0.3) is 5.57 Å². The Morgan fingerprint density at radius 3 is 2.29 bits per heavy atom. The zero-order valence-corrected chi connectivity index (χ0v) is 11.6. The van der Waals surface area contributed by atoms with Crippen LogP contribution in [0.2, 0.25) is 0 Å². The van der Waals surface area contributed by atoms with Crippen molar-refractivity contribution in [3.05, 3.63) is 78.0 Å². The molecule has 3 rings (SSSR count). The first kappa shape index (κ1) is 13.4. The van der Waals surface area contributed by atoms with Crippen LogP contribution < -0.4 is 5.32 Å². The smallest absolute Gasteiger partial charge is 0.330 e. The van der Waals surface area contributed by atoms with Crippen molar-refractivity contribution in [2.45, 2.75) is 18.4 Å². The average molecular weight is 279 g/mol. The molecule has 0 saturated carbocycles. The number of carbonyl (C=O) groups is 1. The maximum atomic E-state index is 11.8. The molecule has 1 atom stereocenters. The van der Waals surface area contributed by atoms with Crippen LogP contribution in [-0.2, 0) is 11.2 Å². The lowest BCUT2D eigenvalue weighted by Gasteiger charge is -2.25. The molecule has 1 aliphatic rings. The molecule has 1 heterocycles. The van der Waals surface area contributed by atoms with Crippen molar-refractivity contribution in [3.8, 4) is 0 Å². The van der Waals surface area contributed by atoms with Gasteiger partial charge in [0.2, 0.25) is 0 Å². The lowest BCUT2D eigenvalue weighted by atomic mass is 9.86. The number of aliphatic carboxylic acids is 1. The summed E-state index contributed by atoms with van der Waals surface area (Å²) in [6, 6.07) is 19.6. The van der Waals surface area contributed by atoms with E-state index in [4.69, 9.17) is 0 Å². The highest BCUT2D eigenvalue weighted by Crippen LogP contribution is 2.33. The van der Waals surface area contributed by atoms with Gasteiger partial charge in [-0.2, -0.15) is 0 Å². The van der Waals surface area contributed by atoms with Crippen molar-refractivity contribution in [1.82, 2.24) is 5.32 Å². The van der Waals surface area contributed by atoms with Gasteiger partial charge in [0.25, 0.3) is 0 Å². The van der Waals surface area contributed by atoms with Gasteiger partial charge in [-0.05, 0) is 16.7 Å². The number of hydrogen-bond donors (Lipinski definition) is 2. The third-order valence-corrected chi connectivity index (χ3v) is 3.92. The summed E-state index contributed by atoms with van der Waals surface area (Å²) in [4.78, 5) is 11.8. The number of rotatable bonds is 4. The number of carboxylic acids is 1. The van der Waals surface area contributed by atoms with Gasteiger partial charge in [-0.1, -0.05) is 60.7 Å². The molecule has 3 heteroatoms. The minimum Gasteiger partial charge on any atom is -0.479 e. The summed E-state index contributed by atoms with van der Waals surface area (Å²) in [5.74, 6) is -0.812. The van der Waals surface area contributed by atoms with Gasteiger partial charge in [-0.25, -0.2) is 4.79 Å². The molecule has 0 aliphatic carbocycles. The number of carboxylic acid groups (broad SMARTS) is 1. The Morgan fingerprint density at radius 1 is 1.05 bits per heavy atom. The summed E-state index contributed by atoms with van der Waals surface area (Å²) in [7, 11) is 0. The van der Waals surface area contributed by atoms with Gasteiger partial charge in [-0.3, -0.25) is 0 Å². The van der Waals surface area contributed by atoms with Crippen LogP contribution in [0, 0.1) is 0 Å². The molecule has 0 spiro atoms. The molecule has 106 valence electrons. The van der Waals surface area contributed by atoms with Crippen molar-refractivity contribution >= 4 is 11.5 Å². The molecule has 0 bridgehead atoms. The molecule has 0 fully saturated rings. The minimum absolute atomic E-state index is 0.468. The third kappa shape index (κ3) is 2.68. The second-order valence-corrected chi connectivity index (χ2v) is 5.41. The summed E-state index contributed by atoms with van der Waals surface area (Å²) in [5.41, 5.74) is 2.18. The second-order valence-electron chi connectivity index (χ2n) is 5.41. The van der Waals surface area contributed by atoms with E-state index < -0.39 is 11.5 Å². The van der Waals surface area contributed by atoms with Crippen molar-refractivity contribution in [1.29, 1.82) is 0 Å². The van der Waals surface area contributed by atoms with E-state index in [9.17, 15) is 9.90 Å². The standard InChI is InChI=1S/C18H17NO2/c20-17(21)18(11-14-7-3-1-4-8-14)12-16(13-19-18)15-9-5-2-6-10-15/h1-10,13,19H,11-12H2,(H,20,21). The van der Waals surface area contributed by atoms with E-state index in [1.54, 1.807) is 0 Å². The zero-order chi connectivity index (χ0) is 14.7. The number of nitrogens with one attached hydrogen (secondary N) is 1. The second kappa shape index (κ2) is 5.44. The first-order chi connectivity index (χ1) is 10.2. The highest BCUT2D eigenvalue weighted by atomic mass is 16.4. The maximum Gasteiger partial charge on any atom is 0.330 e. The van der Waals surface area contributed by atoms with Crippen molar-refractivity contribution in [2.24, 2.45) is 0 Å². The predicted molar refractivity (Wildman–Crippen MR) is 82.7 cm³/mol. The highest BCUT2D eigenvalue weighted by molar-refractivity contribution is 5.86. The first-order valence-corrected chi connectivity index (χ1v) is 6.99. The van der Waals surface area contributed by atoms with Gasteiger partial charge in [0.05, 0.1) is 0 Å². The van der Waals surface area contributed by atoms with Gasteiger partial charge in [0.1, 0.15) is 5.54 Å². The van der Waals surface area contributed by atoms with Crippen molar-refractivity contribution < 1.29 is 9.90 Å². The molecule has 0 radical (unpaired) electrons. The Morgan fingerprint density at radius 2 is 1.67 bits per heavy atom. The van der Waals surface area contributed by atoms with Gasteiger partial charge < -0.3 is 10.4 Å². The summed E-state index contributed by atoms with van der Waals surface area (Å²) < 4.78 is 0. The molecule has 3 nitrogen and oxygen atoms in total. The van der Waals surface area contributed by atoms with E-state index >= 15 is 0 Å². The number of benzene rings is 2. The van der Waals surface area contributed by atoms with Crippen molar-refractivity contribution in [3.63, 3.8) is 0 Å². The van der Waals surface area contributed by atoms with E-state index in [0.29, 0.717) is 12.8 Å². The van der Waals surface area contributed by atoms with E-state index in [1.165, 1.54) is 0 Å². The van der Waals surface area contributed by atoms with Crippen molar-refractivity contribution in [2.75, 3.05) is 0 Å². The van der Waals surface area contributed by atoms with Crippen LogP contribution in [0.15, 0.2) is 66.9 Å². The fourth-order valence-electron chi connectivity index (χ4n) is 2.76. The monoisotopic (exact) mass is 279 g/mol. The van der Waals surface area contributed by atoms with Gasteiger partial charge in [-0.15, -0.1) is 0 Å². The lowest BCUT2D eigenvalue weighted by molar-refractivity contribution is -0.143. The Hall–Kier alpha value is -2.55. The van der Waals surface area contributed by atoms with Crippen LogP contribution in [0.4, 0.5) is 0 Å². The van der Waals surface area contributed by atoms with Crippen LogP contribution in [-0.4, -0.2) is 16.6 Å². The zero-order valence-electron chi connectivity index (χ0n) is 11.6. The molecule has 2 aromatic rings. The Labute approximate surface area is 123 Å². The van der Waals surface area contributed by atoms with E-state index in [2.05, 4.69) is 5.32 Å². The van der Waals surface area contributed by atoms with E-state index in [1.807, 2.05) is 66.9 Å². The minimum atomic E-state index is -0.952. The third-order valence-electron chi connectivity index (χ3n) is 3.92. The molecule has 2 aromatic carbocycles. The average Bonchev–Trinajstić information content (AvgIpc) is 2.95. The Balaban J connectivity index is 1.84. The highest BCUT2D eigenvalue weighted by Gasteiger charge is 2.42. The summed E-state index contributed by atoms with van der Waals surface area (Å²) in [6.45, 7) is 0. The van der Waals surface area contributed by atoms with Crippen LogP contribution in [0.1, 0.15) is 17.5 Å². The lowest BCUT2D eigenvalue weighted by Crippen LogP contribution is -2.48. The van der Waals surface area contributed by atoms with Gasteiger partial charge >= 0.3 is 5.97 Å². The molecule has 0 saturated heterocycles. The summed E-state index contributed by atoms with van der Waals surface area (Å²) in [5, 5.41) is 12.8. The SMILES string of the molecule is O=C(O)C1(Cc2ccccc2)CC(c2ccccc2)=CN1. The van der Waals surface area contributed by atoms with E-state index in [-0.39, 0.29) is 0 Å². The maximum absolute atomic E-state index is 11.8. The normalized spacial score (nSPS) is 20.7.